The first-order valence-corrected chi connectivity index (χ1v) is 8.93. The van der Waals surface area contributed by atoms with Gasteiger partial charge in [0, 0.05) is 12.0 Å². The molecule has 1 aliphatic carbocycles. The monoisotopic (exact) mass is 335 g/mol. The lowest BCUT2D eigenvalue weighted by Gasteiger charge is -2.23. The first-order chi connectivity index (χ1) is 11.1. The lowest BCUT2D eigenvalue weighted by atomic mass is 9.88. The molecule has 2 heterocycles. The second-order valence-electron chi connectivity index (χ2n) is 6.08. The maximum atomic E-state index is 12.2. The molecule has 0 aliphatic heterocycles. The minimum absolute atomic E-state index is 0.0900. The van der Waals surface area contributed by atoms with Gasteiger partial charge in [0.05, 0.1) is 11.4 Å². The number of nitrogens with zero attached hydrogens (tertiary/aromatic N) is 2. The fourth-order valence-electron chi connectivity index (χ4n) is 2.95. The first kappa shape index (κ1) is 16.0. The van der Waals surface area contributed by atoms with Gasteiger partial charge < -0.3 is 9.73 Å². The van der Waals surface area contributed by atoms with Crippen LogP contribution in [0.3, 0.4) is 0 Å². The Morgan fingerprint density at radius 1 is 1.48 bits per heavy atom. The predicted molar refractivity (Wildman–Crippen MR) is 88.3 cm³/mol. The molecule has 1 amide bonds. The summed E-state index contributed by atoms with van der Waals surface area (Å²) in [6.07, 6.45) is 5.40. The lowest BCUT2D eigenvalue weighted by molar-refractivity contribution is -0.126. The number of nitrogens with one attached hydrogen (secondary N) is 1. The molecule has 23 heavy (non-hydrogen) atoms. The van der Waals surface area contributed by atoms with Gasteiger partial charge in [-0.3, -0.25) is 4.79 Å². The Balaban J connectivity index is 1.60. The van der Waals surface area contributed by atoms with Gasteiger partial charge in [-0.1, -0.05) is 25.3 Å². The highest BCUT2D eigenvalue weighted by atomic mass is 32.1. The van der Waals surface area contributed by atoms with Crippen LogP contribution in [-0.4, -0.2) is 21.7 Å². The van der Waals surface area contributed by atoms with E-state index in [0.29, 0.717) is 12.4 Å². The van der Waals surface area contributed by atoms with Gasteiger partial charge in [0.15, 0.2) is 0 Å². The summed E-state index contributed by atoms with van der Waals surface area (Å²) in [5, 5.41) is 9.10. The zero-order valence-corrected chi connectivity index (χ0v) is 14.0. The number of hydrogen-bond acceptors (Lipinski definition) is 5. The van der Waals surface area contributed by atoms with Crippen LogP contribution >= 0.6 is 11.3 Å². The maximum Gasteiger partial charge on any atom is 0.437 e. The Hall–Kier alpha value is -1.89. The van der Waals surface area contributed by atoms with Crippen molar-refractivity contribution in [3.63, 3.8) is 0 Å². The van der Waals surface area contributed by atoms with E-state index in [-0.39, 0.29) is 17.9 Å². The fraction of sp³-hybridized carbons (Fsp3) is 0.562. The molecule has 0 spiro atoms. The Bertz CT molecular complexity index is 698. The van der Waals surface area contributed by atoms with Crippen molar-refractivity contribution < 1.29 is 9.21 Å². The summed E-state index contributed by atoms with van der Waals surface area (Å²) in [6, 6.07) is 3.57. The van der Waals surface area contributed by atoms with Crippen LogP contribution in [0.2, 0.25) is 0 Å². The van der Waals surface area contributed by atoms with Crippen LogP contribution in [0.25, 0.3) is 10.8 Å². The van der Waals surface area contributed by atoms with E-state index in [1.54, 1.807) is 0 Å². The molecule has 0 radical (unpaired) electrons. The zero-order chi connectivity index (χ0) is 16.2. The van der Waals surface area contributed by atoms with Gasteiger partial charge >= 0.3 is 5.76 Å². The summed E-state index contributed by atoms with van der Waals surface area (Å²) in [7, 11) is 0. The van der Waals surface area contributed by atoms with Gasteiger partial charge in [-0.15, -0.1) is 16.4 Å². The van der Waals surface area contributed by atoms with Crippen molar-refractivity contribution in [2.24, 2.45) is 5.92 Å². The third kappa shape index (κ3) is 3.90. The summed E-state index contributed by atoms with van der Waals surface area (Å²) in [5.41, 5.74) is 0. The smallest absolute Gasteiger partial charge is 0.387 e. The summed E-state index contributed by atoms with van der Waals surface area (Å²) in [5.74, 6) is 0.0390. The molecule has 0 aromatic carbocycles. The van der Waals surface area contributed by atoms with Crippen LogP contribution in [0.5, 0.6) is 0 Å². The zero-order valence-electron chi connectivity index (χ0n) is 13.2. The molecule has 0 unspecified atom stereocenters. The second kappa shape index (κ2) is 7.12. The molecule has 1 N–H and O–H groups in total. The lowest BCUT2D eigenvalue weighted by Crippen LogP contribution is -2.41. The highest BCUT2D eigenvalue weighted by Gasteiger charge is 2.23. The molecule has 124 valence electrons. The van der Waals surface area contributed by atoms with Gasteiger partial charge in [0.2, 0.25) is 5.91 Å². The van der Waals surface area contributed by atoms with E-state index >= 15 is 0 Å². The highest BCUT2D eigenvalue weighted by Crippen LogP contribution is 2.24. The topological polar surface area (TPSA) is 77.1 Å². The average Bonchev–Trinajstić information content (AvgIpc) is 3.18. The Morgan fingerprint density at radius 3 is 2.96 bits per heavy atom. The van der Waals surface area contributed by atoms with Crippen molar-refractivity contribution in [3.8, 4) is 10.8 Å². The van der Waals surface area contributed by atoms with E-state index in [1.807, 2.05) is 24.4 Å². The Kier molecular flexibility index (Phi) is 4.95. The molecular formula is C16H21N3O3S. The van der Waals surface area contributed by atoms with Crippen LogP contribution in [0.15, 0.2) is 26.7 Å². The number of hydrogen-bond donors (Lipinski definition) is 1. The SMILES string of the molecule is C[C@H](Cn1nc(-c2cccs2)oc1=O)NC(=O)C1CCCCC1. The molecule has 1 fully saturated rings. The van der Waals surface area contributed by atoms with Gasteiger partial charge in [-0.05, 0) is 31.2 Å². The number of amides is 1. The normalized spacial score (nSPS) is 17.1. The molecule has 2 aromatic rings. The molecular weight excluding hydrogens is 314 g/mol. The second-order valence-corrected chi connectivity index (χ2v) is 7.02. The van der Waals surface area contributed by atoms with Crippen LogP contribution in [-0.2, 0) is 11.3 Å². The predicted octanol–water partition coefficient (Wildman–Crippen LogP) is 2.65. The van der Waals surface area contributed by atoms with Crippen molar-refractivity contribution >= 4 is 17.2 Å². The summed E-state index contributed by atoms with van der Waals surface area (Å²) >= 11 is 1.47. The van der Waals surface area contributed by atoms with Crippen LogP contribution in [0, 0.1) is 5.92 Å². The van der Waals surface area contributed by atoms with E-state index in [0.717, 1.165) is 30.6 Å². The number of rotatable bonds is 5. The van der Waals surface area contributed by atoms with Crippen LogP contribution in [0.4, 0.5) is 0 Å². The van der Waals surface area contributed by atoms with Crippen molar-refractivity contribution in [1.82, 2.24) is 15.1 Å². The quantitative estimate of drug-likeness (QED) is 0.911. The molecule has 1 saturated carbocycles. The van der Waals surface area contributed by atoms with Crippen LogP contribution < -0.4 is 11.1 Å². The summed E-state index contributed by atoms with van der Waals surface area (Å²) < 4.78 is 6.45. The molecule has 0 bridgehead atoms. The van der Waals surface area contributed by atoms with Crippen molar-refractivity contribution in [3.05, 3.63) is 28.1 Å². The van der Waals surface area contributed by atoms with Crippen LogP contribution in [0.1, 0.15) is 39.0 Å². The van der Waals surface area contributed by atoms with E-state index in [2.05, 4.69) is 10.4 Å². The third-order valence-corrected chi connectivity index (χ3v) is 5.01. The highest BCUT2D eigenvalue weighted by molar-refractivity contribution is 7.13. The standard InChI is InChI=1S/C16H21N3O3S/c1-11(17-14(20)12-6-3-2-4-7-12)10-19-16(21)22-15(18-19)13-8-5-9-23-13/h5,8-9,11-12H,2-4,6-7,10H2,1H3,(H,17,20)/t11-/m1/s1. The molecule has 1 atom stereocenters. The molecule has 2 aromatic heterocycles. The molecule has 6 nitrogen and oxygen atoms in total. The summed E-state index contributed by atoms with van der Waals surface area (Å²) in [4.78, 5) is 24.9. The number of carbonyl (C=O) groups excluding carboxylic acids is 1. The molecule has 1 aliphatic rings. The molecule has 3 rings (SSSR count). The molecule has 7 heteroatoms. The number of aromatic nitrogens is 2. The third-order valence-electron chi connectivity index (χ3n) is 4.15. The van der Waals surface area contributed by atoms with Gasteiger partial charge in [-0.25, -0.2) is 4.79 Å². The largest absolute Gasteiger partial charge is 0.437 e. The minimum atomic E-state index is -0.493. The van der Waals surface area contributed by atoms with Gasteiger partial charge in [-0.2, -0.15) is 4.68 Å². The van der Waals surface area contributed by atoms with E-state index in [9.17, 15) is 9.59 Å². The van der Waals surface area contributed by atoms with Crippen molar-refractivity contribution in [1.29, 1.82) is 0 Å². The number of carbonyl (C=O) groups is 1. The number of thiophene rings is 1. The van der Waals surface area contributed by atoms with Crippen molar-refractivity contribution in [2.45, 2.75) is 51.6 Å². The van der Waals surface area contributed by atoms with Gasteiger partial charge in [0.25, 0.3) is 5.89 Å². The van der Waals surface area contributed by atoms with E-state index in [4.69, 9.17) is 4.42 Å². The van der Waals surface area contributed by atoms with E-state index in [1.165, 1.54) is 22.4 Å². The average molecular weight is 335 g/mol. The van der Waals surface area contributed by atoms with Crippen molar-refractivity contribution in [2.75, 3.05) is 0 Å². The van der Waals surface area contributed by atoms with E-state index < -0.39 is 5.76 Å². The minimum Gasteiger partial charge on any atom is -0.387 e. The first-order valence-electron chi connectivity index (χ1n) is 8.05. The Labute approximate surface area is 138 Å². The molecule has 0 saturated heterocycles. The Morgan fingerprint density at radius 2 is 2.26 bits per heavy atom. The summed E-state index contributed by atoms with van der Waals surface area (Å²) in [6.45, 7) is 2.19. The van der Waals surface area contributed by atoms with Gasteiger partial charge in [0.1, 0.15) is 0 Å². The fourth-order valence-corrected chi connectivity index (χ4v) is 3.60. The maximum absolute atomic E-state index is 12.2.